The van der Waals surface area contributed by atoms with Gasteiger partial charge in [-0.25, -0.2) is 4.98 Å². The van der Waals surface area contributed by atoms with Gasteiger partial charge in [0, 0.05) is 31.9 Å². The van der Waals surface area contributed by atoms with Gasteiger partial charge in [0.05, 0.1) is 12.9 Å². The zero-order valence-electron chi connectivity index (χ0n) is 12.4. The third-order valence-electron chi connectivity index (χ3n) is 3.08. The minimum Gasteiger partial charge on any atom is -0.465 e. The Hall–Kier alpha value is -1.85. The lowest BCUT2D eigenvalue weighted by Crippen LogP contribution is -2.34. The van der Waals surface area contributed by atoms with Crippen molar-refractivity contribution in [1.29, 1.82) is 0 Å². The van der Waals surface area contributed by atoms with Crippen LogP contribution in [0.5, 0.6) is 0 Å². The molecule has 1 unspecified atom stereocenters. The second-order valence-corrected chi connectivity index (χ2v) is 4.71. The minimum atomic E-state index is -0.377. The Morgan fingerprint density at radius 1 is 1.40 bits per heavy atom. The lowest BCUT2D eigenvalue weighted by Gasteiger charge is -2.21. The van der Waals surface area contributed by atoms with Gasteiger partial charge in [0.25, 0.3) is 0 Å². The zero-order chi connectivity index (χ0) is 15.0. The van der Waals surface area contributed by atoms with E-state index in [4.69, 9.17) is 4.74 Å². The molecule has 1 amide bonds. The van der Waals surface area contributed by atoms with E-state index in [1.807, 2.05) is 10.8 Å². The van der Waals surface area contributed by atoms with Gasteiger partial charge < -0.3 is 14.2 Å². The van der Waals surface area contributed by atoms with Gasteiger partial charge in [0.1, 0.15) is 6.54 Å². The number of esters is 1. The molecule has 0 saturated carbocycles. The Balaban J connectivity index is 2.55. The molecule has 0 fully saturated rings. The first-order valence-electron chi connectivity index (χ1n) is 6.95. The smallest absolute Gasteiger partial charge is 0.325 e. The molecular formula is C14H23N3O3. The maximum atomic E-state index is 12.1. The average Bonchev–Trinajstić information content (AvgIpc) is 2.92. The van der Waals surface area contributed by atoms with Crippen LogP contribution in [0.15, 0.2) is 18.7 Å². The quantitative estimate of drug-likeness (QED) is 0.679. The summed E-state index contributed by atoms with van der Waals surface area (Å²) < 4.78 is 6.78. The van der Waals surface area contributed by atoms with Crippen LogP contribution in [-0.4, -0.2) is 46.5 Å². The fourth-order valence-electron chi connectivity index (χ4n) is 2.02. The fourth-order valence-corrected chi connectivity index (χ4v) is 2.02. The molecule has 20 heavy (non-hydrogen) atoms. The zero-order valence-corrected chi connectivity index (χ0v) is 12.4. The van der Waals surface area contributed by atoms with Crippen LogP contribution in [0.3, 0.4) is 0 Å². The third kappa shape index (κ3) is 5.03. The number of nitrogens with zero attached hydrogens (tertiary/aromatic N) is 3. The molecule has 0 spiro atoms. The second-order valence-electron chi connectivity index (χ2n) is 4.71. The number of hydrogen-bond acceptors (Lipinski definition) is 4. The number of carbonyl (C=O) groups is 2. The van der Waals surface area contributed by atoms with E-state index in [0.717, 1.165) is 12.8 Å². The van der Waals surface area contributed by atoms with Crippen LogP contribution < -0.4 is 0 Å². The van der Waals surface area contributed by atoms with E-state index in [0.29, 0.717) is 13.0 Å². The molecule has 1 aromatic heterocycles. The molecule has 1 aromatic rings. The summed E-state index contributed by atoms with van der Waals surface area (Å²) in [6.45, 7) is 4.15. The molecule has 0 saturated heterocycles. The van der Waals surface area contributed by atoms with E-state index in [-0.39, 0.29) is 24.5 Å². The third-order valence-corrected chi connectivity index (χ3v) is 3.08. The standard InChI is InChI=1S/C14H23N3O3/c1-4-6-12(17-8-7-15-11-17)9-13(18)16(3)10-14(19)20-5-2/h7-8,11-12H,4-6,9-10H2,1-3H3. The molecule has 6 heteroatoms. The number of ether oxygens (including phenoxy) is 1. The van der Waals surface area contributed by atoms with Gasteiger partial charge >= 0.3 is 5.97 Å². The highest BCUT2D eigenvalue weighted by Gasteiger charge is 2.19. The lowest BCUT2D eigenvalue weighted by atomic mass is 10.1. The molecule has 0 bridgehead atoms. The summed E-state index contributed by atoms with van der Waals surface area (Å²) in [4.78, 5) is 28.9. The van der Waals surface area contributed by atoms with Crippen molar-refractivity contribution in [2.45, 2.75) is 39.2 Å². The van der Waals surface area contributed by atoms with Gasteiger partial charge in [0.15, 0.2) is 0 Å². The van der Waals surface area contributed by atoms with Gasteiger partial charge in [-0.2, -0.15) is 0 Å². The van der Waals surface area contributed by atoms with Crippen molar-refractivity contribution < 1.29 is 14.3 Å². The van der Waals surface area contributed by atoms with E-state index in [2.05, 4.69) is 11.9 Å². The van der Waals surface area contributed by atoms with Crippen LogP contribution in [0.4, 0.5) is 0 Å². The van der Waals surface area contributed by atoms with Gasteiger partial charge in [-0.05, 0) is 13.3 Å². The molecule has 0 aliphatic heterocycles. The van der Waals surface area contributed by atoms with Crippen LogP contribution in [0.25, 0.3) is 0 Å². The number of rotatable bonds is 8. The Labute approximate surface area is 119 Å². The Bertz CT molecular complexity index is 417. The Morgan fingerprint density at radius 2 is 2.15 bits per heavy atom. The first-order valence-corrected chi connectivity index (χ1v) is 6.95. The van der Waals surface area contributed by atoms with E-state index in [1.54, 1.807) is 26.5 Å². The first-order chi connectivity index (χ1) is 9.58. The molecule has 0 radical (unpaired) electrons. The topological polar surface area (TPSA) is 64.4 Å². The van der Waals surface area contributed by atoms with Crippen LogP contribution in [0.1, 0.15) is 39.2 Å². The van der Waals surface area contributed by atoms with Crippen molar-refractivity contribution in [3.63, 3.8) is 0 Å². The summed E-state index contributed by atoms with van der Waals surface area (Å²) >= 11 is 0. The molecule has 0 aromatic carbocycles. The number of carbonyl (C=O) groups excluding carboxylic acids is 2. The normalized spacial score (nSPS) is 11.9. The highest BCUT2D eigenvalue weighted by atomic mass is 16.5. The Kier molecular flexibility index (Phi) is 6.76. The number of amides is 1. The second kappa shape index (κ2) is 8.35. The summed E-state index contributed by atoms with van der Waals surface area (Å²) in [6, 6.07) is 0.0830. The van der Waals surface area contributed by atoms with E-state index in [9.17, 15) is 9.59 Å². The molecule has 0 aliphatic rings. The number of hydrogen-bond donors (Lipinski definition) is 0. The predicted octanol–water partition coefficient (Wildman–Crippen LogP) is 1.64. The number of likely N-dealkylation sites (N-methyl/N-ethyl adjacent to an activating group) is 1. The molecule has 6 nitrogen and oxygen atoms in total. The summed E-state index contributed by atoms with van der Waals surface area (Å²) in [6.07, 6.45) is 7.53. The largest absolute Gasteiger partial charge is 0.465 e. The maximum absolute atomic E-state index is 12.1. The molecule has 1 rings (SSSR count). The molecule has 112 valence electrons. The SMILES string of the molecule is CCCC(CC(=O)N(C)CC(=O)OCC)n1ccnc1. The lowest BCUT2D eigenvalue weighted by molar-refractivity contribution is -0.148. The summed E-state index contributed by atoms with van der Waals surface area (Å²) in [7, 11) is 1.62. The highest BCUT2D eigenvalue weighted by molar-refractivity contribution is 5.82. The summed E-state index contributed by atoms with van der Waals surface area (Å²) in [5, 5.41) is 0. The summed E-state index contributed by atoms with van der Waals surface area (Å²) in [5.41, 5.74) is 0. The van der Waals surface area contributed by atoms with Crippen LogP contribution in [0.2, 0.25) is 0 Å². The van der Waals surface area contributed by atoms with Gasteiger partial charge in [-0.1, -0.05) is 13.3 Å². The monoisotopic (exact) mass is 281 g/mol. The van der Waals surface area contributed by atoms with Crippen molar-refractivity contribution in [3.05, 3.63) is 18.7 Å². The van der Waals surface area contributed by atoms with Crippen molar-refractivity contribution in [3.8, 4) is 0 Å². The molecule has 0 aliphatic carbocycles. The first kappa shape index (κ1) is 16.2. The fraction of sp³-hybridized carbons (Fsp3) is 0.643. The van der Waals surface area contributed by atoms with Crippen LogP contribution >= 0.6 is 0 Å². The van der Waals surface area contributed by atoms with Gasteiger partial charge in [-0.3, -0.25) is 9.59 Å². The van der Waals surface area contributed by atoms with Gasteiger partial charge in [0.2, 0.25) is 5.91 Å². The van der Waals surface area contributed by atoms with Crippen LogP contribution in [-0.2, 0) is 14.3 Å². The molecule has 1 atom stereocenters. The summed E-state index contributed by atoms with van der Waals surface area (Å²) in [5.74, 6) is -0.441. The molecular weight excluding hydrogens is 258 g/mol. The Morgan fingerprint density at radius 3 is 2.70 bits per heavy atom. The van der Waals surface area contributed by atoms with E-state index >= 15 is 0 Å². The number of imidazole rings is 1. The van der Waals surface area contributed by atoms with E-state index < -0.39 is 0 Å². The van der Waals surface area contributed by atoms with Crippen LogP contribution in [0, 0.1) is 0 Å². The van der Waals surface area contributed by atoms with Gasteiger partial charge in [-0.15, -0.1) is 0 Å². The average molecular weight is 281 g/mol. The maximum Gasteiger partial charge on any atom is 0.325 e. The van der Waals surface area contributed by atoms with Crippen molar-refractivity contribution >= 4 is 11.9 Å². The molecule has 1 heterocycles. The van der Waals surface area contributed by atoms with Crippen molar-refractivity contribution in [2.24, 2.45) is 0 Å². The van der Waals surface area contributed by atoms with Crippen molar-refractivity contribution in [1.82, 2.24) is 14.5 Å². The van der Waals surface area contributed by atoms with Crippen molar-refractivity contribution in [2.75, 3.05) is 20.2 Å². The minimum absolute atomic E-state index is 0.00452. The van der Waals surface area contributed by atoms with E-state index in [1.165, 1.54) is 4.90 Å². The number of aromatic nitrogens is 2. The predicted molar refractivity (Wildman–Crippen MR) is 75.1 cm³/mol. The highest BCUT2D eigenvalue weighted by Crippen LogP contribution is 2.18. The molecule has 0 N–H and O–H groups in total.